The molecule has 1 aromatic rings. The fraction of sp³-hybridized carbons (Fsp3) is 0.462. The Bertz CT molecular complexity index is 412. The molecule has 0 radical (unpaired) electrons. The van der Waals surface area contributed by atoms with Gasteiger partial charge in [-0.2, -0.15) is 0 Å². The minimum Gasteiger partial charge on any atom is -0.472 e. The van der Waals surface area contributed by atoms with E-state index < -0.39 is 0 Å². The molecule has 1 aromatic carbocycles. The van der Waals surface area contributed by atoms with Crippen LogP contribution in [0.3, 0.4) is 0 Å². The molecule has 1 aliphatic heterocycles. The summed E-state index contributed by atoms with van der Waals surface area (Å²) < 4.78 is 5.47. The zero-order chi connectivity index (χ0) is 11.7. The van der Waals surface area contributed by atoms with Crippen LogP contribution in [0.2, 0.25) is 0 Å². The highest BCUT2D eigenvalue weighted by molar-refractivity contribution is 5.97. The Kier molecular flexibility index (Phi) is 2.86. The Morgan fingerprint density at radius 1 is 1.44 bits per heavy atom. The lowest BCUT2D eigenvalue weighted by atomic mass is 10.00. The molecular weight excluding hydrogens is 202 g/mol. The monoisotopic (exact) mass is 219 g/mol. The van der Waals surface area contributed by atoms with Gasteiger partial charge in [-0.1, -0.05) is 19.9 Å². The molecule has 0 atom stereocenters. The number of benzene rings is 1. The topological polar surface area (TPSA) is 29.5 Å². The molecule has 1 amide bonds. The van der Waals surface area contributed by atoms with Gasteiger partial charge < -0.3 is 9.64 Å². The minimum atomic E-state index is 0.0480. The van der Waals surface area contributed by atoms with Gasteiger partial charge in [-0.05, 0) is 30.0 Å². The summed E-state index contributed by atoms with van der Waals surface area (Å²) in [5.74, 6) is 1.35. The molecule has 0 N–H and O–H groups in total. The first-order valence-electron chi connectivity index (χ1n) is 5.59. The Balaban J connectivity index is 2.33. The van der Waals surface area contributed by atoms with E-state index in [0.717, 1.165) is 6.42 Å². The Morgan fingerprint density at radius 3 is 2.88 bits per heavy atom. The maximum Gasteiger partial charge on any atom is 0.259 e. The van der Waals surface area contributed by atoms with Crippen molar-refractivity contribution in [1.82, 2.24) is 4.90 Å². The summed E-state index contributed by atoms with van der Waals surface area (Å²) >= 11 is 0. The first kappa shape index (κ1) is 11.0. The molecule has 0 aromatic heterocycles. The predicted molar refractivity (Wildman–Crippen MR) is 62.6 cm³/mol. The SMILES string of the molecule is CC(C)Cc1ccc2c(c1)C(=O)N(C)CO2. The molecule has 16 heavy (non-hydrogen) atoms. The number of carbonyl (C=O) groups excluding carboxylic acids is 1. The van der Waals surface area contributed by atoms with Crippen LogP contribution in [0.15, 0.2) is 18.2 Å². The summed E-state index contributed by atoms with van der Waals surface area (Å²) in [5, 5.41) is 0. The number of fused-ring (bicyclic) bond motifs is 1. The van der Waals surface area contributed by atoms with E-state index in [0.29, 0.717) is 24.0 Å². The first-order chi connectivity index (χ1) is 7.58. The van der Waals surface area contributed by atoms with Gasteiger partial charge in [0.2, 0.25) is 0 Å². The number of hydrogen-bond acceptors (Lipinski definition) is 2. The highest BCUT2D eigenvalue weighted by Gasteiger charge is 2.22. The zero-order valence-electron chi connectivity index (χ0n) is 9.99. The number of nitrogens with zero attached hydrogens (tertiary/aromatic N) is 1. The van der Waals surface area contributed by atoms with E-state index >= 15 is 0 Å². The molecule has 0 bridgehead atoms. The summed E-state index contributed by atoms with van der Waals surface area (Å²) in [5.41, 5.74) is 1.88. The van der Waals surface area contributed by atoms with Crippen LogP contribution in [0.5, 0.6) is 5.75 Å². The van der Waals surface area contributed by atoms with Crippen molar-refractivity contribution >= 4 is 5.91 Å². The molecule has 1 aliphatic rings. The van der Waals surface area contributed by atoms with E-state index in [4.69, 9.17) is 4.74 Å². The summed E-state index contributed by atoms with van der Waals surface area (Å²) in [7, 11) is 1.75. The molecule has 0 fully saturated rings. The third-order valence-corrected chi connectivity index (χ3v) is 2.68. The van der Waals surface area contributed by atoms with Crippen molar-refractivity contribution in [3.63, 3.8) is 0 Å². The third-order valence-electron chi connectivity index (χ3n) is 2.68. The lowest BCUT2D eigenvalue weighted by molar-refractivity contribution is 0.0595. The maximum atomic E-state index is 11.9. The lowest BCUT2D eigenvalue weighted by Gasteiger charge is -2.25. The van der Waals surface area contributed by atoms with Crippen LogP contribution in [0.4, 0.5) is 0 Å². The smallest absolute Gasteiger partial charge is 0.259 e. The maximum absolute atomic E-state index is 11.9. The van der Waals surface area contributed by atoms with Crippen LogP contribution in [0, 0.1) is 5.92 Å². The van der Waals surface area contributed by atoms with E-state index in [-0.39, 0.29) is 5.91 Å². The van der Waals surface area contributed by atoms with Gasteiger partial charge in [-0.3, -0.25) is 4.79 Å². The molecule has 0 unspecified atom stereocenters. The van der Waals surface area contributed by atoms with Crippen molar-refractivity contribution in [2.75, 3.05) is 13.8 Å². The average molecular weight is 219 g/mol. The quantitative estimate of drug-likeness (QED) is 0.764. The second kappa shape index (κ2) is 4.16. The number of rotatable bonds is 2. The Hall–Kier alpha value is -1.51. The molecule has 0 spiro atoms. The largest absolute Gasteiger partial charge is 0.472 e. The van der Waals surface area contributed by atoms with Crippen molar-refractivity contribution in [3.05, 3.63) is 29.3 Å². The summed E-state index contributed by atoms with van der Waals surface area (Å²) in [4.78, 5) is 13.5. The highest BCUT2D eigenvalue weighted by atomic mass is 16.5. The summed E-state index contributed by atoms with van der Waals surface area (Å²) in [6.45, 7) is 4.68. The van der Waals surface area contributed by atoms with E-state index in [9.17, 15) is 4.79 Å². The lowest BCUT2D eigenvalue weighted by Crippen LogP contribution is -2.35. The van der Waals surface area contributed by atoms with Gasteiger partial charge in [-0.15, -0.1) is 0 Å². The van der Waals surface area contributed by atoms with Gasteiger partial charge >= 0.3 is 0 Å². The second-order valence-corrected chi connectivity index (χ2v) is 4.71. The molecular formula is C13H17NO2. The van der Waals surface area contributed by atoms with E-state index in [1.54, 1.807) is 11.9 Å². The van der Waals surface area contributed by atoms with Crippen LogP contribution in [-0.4, -0.2) is 24.6 Å². The van der Waals surface area contributed by atoms with Crippen molar-refractivity contribution in [1.29, 1.82) is 0 Å². The fourth-order valence-corrected chi connectivity index (χ4v) is 1.90. The van der Waals surface area contributed by atoms with E-state index in [2.05, 4.69) is 13.8 Å². The number of hydrogen-bond donors (Lipinski definition) is 0. The highest BCUT2D eigenvalue weighted by Crippen LogP contribution is 2.26. The number of amides is 1. The van der Waals surface area contributed by atoms with Crippen LogP contribution >= 0.6 is 0 Å². The number of carbonyl (C=O) groups is 1. The van der Waals surface area contributed by atoms with Crippen molar-refractivity contribution in [3.8, 4) is 5.75 Å². The van der Waals surface area contributed by atoms with Crippen LogP contribution in [-0.2, 0) is 6.42 Å². The van der Waals surface area contributed by atoms with E-state index in [1.165, 1.54) is 5.56 Å². The summed E-state index contributed by atoms with van der Waals surface area (Å²) in [6.07, 6.45) is 0.990. The van der Waals surface area contributed by atoms with Gasteiger partial charge in [0, 0.05) is 7.05 Å². The Morgan fingerprint density at radius 2 is 2.19 bits per heavy atom. The van der Waals surface area contributed by atoms with Crippen LogP contribution in [0.25, 0.3) is 0 Å². The van der Waals surface area contributed by atoms with Crippen LogP contribution < -0.4 is 4.74 Å². The van der Waals surface area contributed by atoms with Gasteiger partial charge in [0.1, 0.15) is 5.75 Å². The second-order valence-electron chi connectivity index (χ2n) is 4.71. The fourth-order valence-electron chi connectivity index (χ4n) is 1.90. The molecule has 3 heteroatoms. The van der Waals surface area contributed by atoms with Crippen molar-refractivity contribution in [2.24, 2.45) is 5.92 Å². The van der Waals surface area contributed by atoms with Gasteiger partial charge in [0.25, 0.3) is 5.91 Å². The molecule has 0 aliphatic carbocycles. The normalized spacial score (nSPS) is 15.0. The molecule has 0 saturated carbocycles. The molecule has 2 rings (SSSR count). The standard InChI is InChI=1S/C13H17NO2/c1-9(2)6-10-4-5-12-11(7-10)13(15)14(3)8-16-12/h4-5,7,9H,6,8H2,1-3H3. The molecule has 3 nitrogen and oxygen atoms in total. The van der Waals surface area contributed by atoms with E-state index in [1.807, 2.05) is 18.2 Å². The summed E-state index contributed by atoms with van der Waals surface area (Å²) in [6, 6.07) is 5.89. The third kappa shape index (κ3) is 2.03. The van der Waals surface area contributed by atoms with Gasteiger partial charge in [-0.25, -0.2) is 0 Å². The minimum absolute atomic E-state index is 0.0480. The molecule has 86 valence electrons. The average Bonchev–Trinajstić information content (AvgIpc) is 2.23. The number of ether oxygens (including phenoxy) is 1. The molecule has 1 heterocycles. The first-order valence-corrected chi connectivity index (χ1v) is 5.59. The predicted octanol–water partition coefficient (Wildman–Crippen LogP) is 2.31. The Labute approximate surface area is 96.0 Å². The van der Waals surface area contributed by atoms with Gasteiger partial charge in [0.15, 0.2) is 6.73 Å². The van der Waals surface area contributed by atoms with Crippen LogP contribution in [0.1, 0.15) is 29.8 Å². The van der Waals surface area contributed by atoms with Gasteiger partial charge in [0.05, 0.1) is 5.56 Å². The zero-order valence-corrected chi connectivity index (χ0v) is 9.99. The van der Waals surface area contributed by atoms with Crippen molar-refractivity contribution in [2.45, 2.75) is 20.3 Å². The molecule has 0 saturated heterocycles. The van der Waals surface area contributed by atoms with Crippen molar-refractivity contribution < 1.29 is 9.53 Å².